The zero-order valence-corrected chi connectivity index (χ0v) is 14.9. The fourth-order valence-corrected chi connectivity index (χ4v) is 3.19. The minimum Gasteiger partial charge on any atom is -0.352 e. The minimum atomic E-state index is 0.0396. The average molecular weight is 400 g/mol. The SMILES string of the molecule is C[C@@H]1CCCCN1CCCCNC(=O)c1ccc(I)cc1. The van der Waals surface area contributed by atoms with Gasteiger partial charge in [-0.15, -0.1) is 0 Å². The Balaban J connectivity index is 1.61. The lowest BCUT2D eigenvalue weighted by Gasteiger charge is -2.33. The third kappa shape index (κ3) is 5.58. The Labute approximate surface area is 141 Å². The van der Waals surface area contributed by atoms with Crippen molar-refractivity contribution in [1.82, 2.24) is 10.2 Å². The zero-order chi connectivity index (χ0) is 15.1. The van der Waals surface area contributed by atoms with Crippen LogP contribution in [-0.2, 0) is 0 Å². The van der Waals surface area contributed by atoms with Crippen LogP contribution in [0.2, 0.25) is 0 Å². The smallest absolute Gasteiger partial charge is 0.251 e. The highest BCUT2D eigenvalue weighted by Crippen LogP contribution is 2.16. The van der Waals surface area contributed by atoms with Crippen molar-refractivity contribution in [3.63, 3.8) is 0 Å². The van der Waals surface area contributed by atoms with Gasteiger partial charge < -0.3 is 10.2 Å². The number of likely N-dealkylation sites (tertiary alicyclic amines) is 1. The molecule has 116 valence electrons. The van der Waals surface area contributed by atoms with Gasteiger partial charge >= 0.3 is 0 Å². The maximum Gasteiger partial charge on any atom is 0.251 e. The molecule has 0 aliphatic carbocycles. The maximum atomic E-state index is 11.9. The predicted molar refractivity (Wildman–Crippen MR) is 95.6 cm³/mol. The Morgan fingerprint density at radius 2 is 2.05 bits per heavy atom. The maximum absolute atomic E-state index is 11.9. The monoisotopic (exact) mass is 400 g/mol. The molecule has 0 spiro atoms. The standard InChI is InChI=1S/C17H25IN2O/c1-14-6-2-4-12-20(14)13-5-3-11-19-17(21)15-7-9-16(18)10-8-15/h7-10,14H,2-6,11-13H2,1H3,(H,19,21)/t14-/m1/s1. The van der Waals surface area contributed by atoms with Gasteiger partial charge in [0.2, 0.25) is 0 Å². The molecule has 2 rings (SSSR count). The summed E-state index contributed by atoms with van der Waals surface area (Å²) in [5.41, 5.74) is 0.750. The van der Waals surface area contributed by atoms with E-state index in [-0.39, 0.29) is 5.91 Å². The van der Waals surface area contributed by atoms with Gasteiger partial charge in [0.05, 0.1) is 0 Å². The van der Waals surface area contributed by atoms with Crippen molar-refractivity contribution >= 4 is 28.5 Å². The lowest BCUT2D eigenvalue weighted by atomic mass is 10.0. The van der Waals surface area contributed by atoms with Crippen LogP contribution in [0.15, 0.2) is 24.3 Å². The van der Waals surface area contributed by atoms with E-state index in [0.29, 0.717) is 0 Å². The van der Waals surface area contributed by atoms with E-state index < -0.39 is 0 Å². The highest BCUT2D eigenvalue weighted by Gasteiger charge is 2.17. The number of rotatable bonds is 6. The van der Waals surface area contributed by atoms with Crippen molar-refractivity contribution in [1.29, 1.82) is 0 Å². The molecule has 1 aromatic carbocycles. The second-order valence-corrected chi connectivity index (χ2v) is 7.10. The van der Waals surface area contributed by atoms with E-state index >= 15 is 0 Å². The Morgan fingerprint density at radius 3 is 2.76 bits per heavy atom. The average Bonchev–Trinajstić information content (AvgIpc) is 2.49. The molecule has 1 aliphatic rings. The quantitative estimate of drug-likeness (QED) is 0.584. The lowest BCUT2D eigenvalue weighted by Crippen LogP contribution is -2.38. The van der Waals surface area contributed by atoms with Crippen LogP contribution in [0.1, 0.15) is 49.4 Å². The Bertz CT molecular complexity index is 447. The van der Waals surface area contributed by atoms with Crippen molar-refractivity contribution in [3.05, 3.63) is 33.4 Å². The molecule has 1 aliphatic heterocycles. The number of amides is 1. The van der Waals surface area contributed by atoms with E-state index in [4.69, 9.17) is 0 Å². The van der Waals surface area contributed by atoms with Gasteiger partial charge in [-0.3, -0.25) is 4.79 Å². The molecule has 4 heteroatoms. The van der Waals surface area contributed by atoms with E-state index in [1.54, 1.807) is 0 Å². The van der Waals surface area contributed by atoms with E-state index in [2.05, 4.69) is 39.7 Å². The van der Waals surface area contributed by atoms with Gasteiger partial charge in [0.25, 0.3) is 5.91 Å². The number of piperidine rings is 1. The van der Waals surface area contributed by atoms with Crippen molar-refractivity contribution in [2.75, 3.05) is 19.6 Å². The van der Waals surface area contributed by atoms with Gasteiger partial charge in [-0.1, -0.05) is 6.42 Å². The Morgan fingerprint density at radius 1 is 1.29 bits per heavy atom. The summed E-state index contributed by atoms with van der Waals surface area (Å²) in [5.74, 6) is 0.0396. The van der Waals surface area contributed by atoms with Gasteiger partial charge in [-0.2, -0.15) is 0 Å². The Kier molecular flexibility index (Phi) is 6.96. The Hall–Kier alpha value is -0.620. The van der Waals surface area contributed by atoms with E-state index in [1.165, 1.54) is 32.4 Å². The summed E-state index contributed by atoms with van der Waals surface area (Å²) in [6.45, 7) is 5.52. The number of hydrogen-bond donors (Lipinski definition) is 1. The number of nitrogens with zero attached hydrogens (tertiary/aromatic N) is 1. The van der Waals surface area contributed by atoms with Crippen LogP contribution in [0.4, 0.5) is 0 Å². The van der Waals surface area contributed by atoms with Crippen LogP contribution in [0.5, 0.6) is 0 Å². The van der Waals surface area contributed by atoms with Crippen molar-refractivity contribution in [3.8, 4) is 0 Å². The molecule has 0 radical (unpaired) electrons. The van der Waals surface area contributed by atoms with Gasteiger partial charge in [0.15, 0.2) is 0 Å². The van der Waals surface area contributed by atoms with E-state index in [9.17, 15) is 4.79 Å². The molecule has 1 aromatic rings. The highest BCUT2D eigenvalue weighted by molar-refractivity contribution is 14.1. The first-order chi connectivity index (χ1) is 10.2. The largest absolute Gasteiger partial charge is 0.352 e. The van der Waals surface area contributed by atoms with Crippen LogP contribution >= 0.6 is 22.6 Å². The van der Waals surface area contributed by atoms with Crippen LogP contribution in [-0.4, -0.2) is 36.5 Å². The molecule has 1 atom stereocenters. The molecule has 1 amide bonds. The second-order valence-electron chi connectivity index (χ2n) is 5.85. The number of nitrogens with one attached hydrogen (secondary N) is 1. The van der Waals surface area contributed by atoms with Gasteiger partial charge in [-0.25, -0.2) is 0 Å². The first-order valence-electron chi connectivity index (χ1n) is 7.94. The number of unbranched alkanes of at least 4 members (excludes halogenated alkanes) is 1. The van der Waals surface area contributed by atoms with Gasteiger partial charge in [0.1, 0.15) is 0 Å². The molecule has 3 nitrogen and oxygen atoms in total. The summed E-state index contributed by atoms with van der Waals surface area (Å²) in [7, 11) is 0. The summed E-state index contributed by atoms with van der Waals surface area (Å²) in [6, 6.07) is 8.43. The lowest BCUT2D eigenvalue weighted by molar-refractivity contribution is 0.0951. The van der Waals surface area contributed by atoms with Crippen molar-refractivity contribution in [2.45, 2.75) is 45.1 Å². The van der Waals surface area contributed by atoms with Crippen LogP contribution in [0.3, 0.4) is 0 Å². The van der Waals surface area contributed by atoms with Crippen LogP contribution in [0.25, 0.3) is 0 Å². The number of hydrogen-bond acceptors (Lipinski definition) is 2. The summed E-state index contributed by atoms with van der Waals surface area (Å²) < 4.78 is 1.15. The predicted octanol–water partition coefficient (Wildman–Crippen LogP) is 3.68. The molecule has 1 saturated heterocycles. The number of carbonyl (C=O) groups is 1. The van der Waals surface area contributed by atoms with E-state index in [1.807, 2.05) is 24.3 Å². The van der Waals surface area contributed by atoms with Gasteiger partial charge in [-0.05, 0) is 92.6 Å². The van der Waals surface area contributed by atoms with Crippen LogP contribution < -0.4 is 5.32 Å². The summed E-state index contributed by atoms with van der Waals surface area (Å²) >= 11 is 2.25. The molecular formula is C17H25IN2O. The number of carbonyl (C=O) groups excluding carboxylic acids is 1. The molecular weight excluding hydrogens is 375 g/mol. The molecule has 1 fully saturated rings. The minimum absolute atomic E-state index is 0.0396. The first-order valence-corrected chi connectivity index (χ1v) is 9.02. The molecule has 0 aromatic heterocycles. The molecule has 1 heterocycles. The van der Waals surface area contributed by atoms with E-state index in [0.717, 1.165) is 34.6 Å². The van der Waals surface area contributed by atoms with Gasteiger partial charge in [0, 0.05) is 21.7 Å². The molecule has 0 unspecified atom stereocenters. The molecule has 21 heavy (non-hydrogen) atoms. The molecule has 1 N–H and O–H groups in total. The summed E-state index contributed by atoms with van der Waals surface area (Å²) in [5, 5.41) is 3.01. The summed E-state index contributed by atoms with van der Waals surface area (Å²) in [6.07, 6.45) is 6.28. The van der Waals surface area contributed by atoms with Crippen LogP contribution in [0, 0.1) is 3.57 Å². The first kappa shape index (κ1) is 16.7. The molecule has 0 saturated carbocycles. The fraction of sp³-hybridized carbons (Fsp3) is 0.588. The van der Waals surface area contributed by atoms with Crippen molar-refractivity contribution in [2.24, 2.45) is 0 Å². The number of halogens is 1. The fourth-order valence-electron chi connectivity index (χ4n) is 2.83. The third-order valence-electron chi connectivity index (χ3n) is 4.20. The molecule has 0 bridgehead atoms. The topological polar surface area (TPSA) is 32.3 Å². The highest BCUT2D eigenvalue weighted by atomic mass is 127. The zero-order valence-electron chi connectivity index (χ0n) is 12.8. The van der Waals surface area contributed by atoms with Crippen molar-refractivity contribution < 1.29 is 4.79 Å². The normalized spacial score (nSPS) is 19.4. The summed E-state index contributed by atoms with van der Waals surface area (Å²) in [4.78, 5) is 14.5. The second kappa shape index (κ2) is 8.73. The number of benzene rings is 1. The third-order valence-corrected chi connectivity index (χ3v) is 4.92.